The quantitative estimate of drug-likeness (QED) is 0.499. The van der Waals surface area contributed by atoms with Crippen LogP contribution < -0.4 is 0 Å². The highest BCUT2D eigenvalue weighted by atomic mass is 16.7. The summed E-state index contributed by atoms with van der Waals surface area (Å²) in [7, 11) is 0. The molecule has 4 heterocycles. The number of unbranched alkanes of at least 4 members (excludes halogenated alkanes) is 1. The molecule has 0 saturated carbocycles. The molecular formula is C28H33N5O3. The zero-order valence-electron chi connectivity index (χ0n) is 21.3. The largest absolute Gasteiger partial charge is 0.349 e. The molecule has 0 radical (unpaired) electrons. The Balaban J connectivity index is 1.30. The number of aromatic nitrogens is 3. The molecule has 0 spiro atoms. The van der Waals surface area contributed by atoms with Crippen molar-refractivity contribution in [3.8, 4) is 28.9 Å². The summed E-state index contributed by atoms with van der Waals surface area (Å²) in [5, 5.41) is 13.8. The maximum Gasteiger partial charge on any atom is 0.259 e. The average molecular weight is 488 g/mol. The van der Waals surface area contributed by atoms with Gasteiger partial charge in [-0.15, -0.1) is 0 Å². The normalized spacial score (nSPS) is 18.4. The molecule has 0 unspecified atom stereocenters. The molecule has 2 aliphatic rings. The fourth-order valence-electron chi connectivity index (χ4n) is 4.85. The molecular weight excluding hydrogens is 454 g/mol. The molecule has 2 aliphatic heterocycles. The lowest BCUT2D eigenvalue weighted by atomic mass is 10.00. The lowest BCUT2D eigenvalue weighted by Crippen LogP contribution is -2.51. The summed E-state index contributed by atoms with van der Waals surface area (Å²) < 4.78 is 17.3. The van der Waals surface area contributed by atoms with Gasteiger partial charge in [0.2, 0.25) is 5.82 Å². The Bertz CT molecular complexity index is 1250. The van der Waals surface area contributed by atoms with Crippen LogP contribution in [0.3, 0.4) is 0 Å². The van der Waals surface area contributed by atoms with Crippen LogP contribution in [-0.2, 0) is 28.7 Å². The molecule has 0 aliphatic carbocycles. The van der Waals surface area contributed by atoms with Crippen LogP contribution in [-0.4, -0.2) is 58.2 Å². The molecule has 5 rings (SSSR count). The summed E-state index contributed by atoms with van der Waals surface area (Å²) >= 11 is 0. The molecule has 1 saturated heterocycles. The van der Waals surface area contributed by atoms with E-state index in [9.17, 15) is 5.26 Å². The lowest BCUT2D eigenvalue weighted by molar-refractivity contribution is -0.263. The highest BCUT2D eigenvalue weighted by Gasteiger charge is 2.32. The summed E-state index contributed by atoms with van der Waals surface area (Å²) in [4.78, 5) is 11.6. The van der Waals surface area contributed by atoms with Crippen LogP contribution in [0.4, 0.5) is 0 Å². The van der Waals surface area contributed by atoms with Crippen LogP contribution in [0.5, 0.6) is 0 Å². The Morgan fingerprint density at radius 2 is 1.86 bits per heavy atom. The first kappa shape index (κ1) is 24.6. The first-order valence-electron chi connectivity index (χ1n) is 12.8. The van der Waals surface area contributed by atoms with Crippen molar-refractivity contribution in [1.82, 2.24) is 20.0 Å². The van der Waals surface area contributed by atoms with Crippen molar-refractivity contribution in [3.63, 3.8) is 0 Å². The number of benzene rings is 1. The summed E-state index contributed by atoms with van der Waals surface area (Å²) in [6.07, 6.45) is 6.50. The van der Waals surface area contributed by atoms with E-state index in [0.29, 0.717) is 36.1 Å². The Kier molecular flexibility index (Phi) is 7.15. The minimum absolute atomic E-state index is 0.284. The molecule has 2 aromatic heterocycles. The number of fused-ring (bicyclic) bond motifs is 1. The number of hydrogen-bond donors (Lipinski definition) is 0. The fourth-order valence-corrected chi connectivity index (χ4v) is 4.85. The number of nitrogens with zero attached hydrogens (tertiary/aromatic N) is 5. The van der Waals surface area contributed by atoms with Crippen molar-refractivity contribution in [3.05, 3.63) is 52.8 Å². The van der Waals surface area contributed by atoms with Gasteiger partial charge in [-0.1, -0.05) is 30.6 Å². The summed E-state index contributed by atoms with van der Waals surface area (Å²) in [6, 6.07) is 10.7. The second-order valence-electron chi connectivity index (χ2n) is 10.1. The predicted molar refractivity (Wildman–Crippen MR) is 135 cm³/mol. The van der Waals surface area contributed by atoms with E-state index in [1.54, 1.807) is 12.3 Å². The zero-order valence-corrected chi connectivity index (χ0v) is 21.3. The van der Waals surface area contributed by atoms with Gasteiger partial charge in [0, 0.05) is 24.8 Å². The maximum atomic E-state index is 9.56. The predicted octanol–water partition coefficient (Wildman–Crippen LogP) is 4.56. The molecule has 8 nitrogen and oxygen atoms in total. The van der Waals surface area contributed by atoms with Gasteiger partial charge in [-0.05, 0) is 62.8 Å². The van der Waals surface area contributed by atoms with Crippen LogP contribution in [0.2, 0.25) is 0 Å². The SMILES string of the molecule is CCCCc1ncc(-c2nc(-c3ccc4c(c3)CCN(C3COC(C)(C)OC3)CC4)no2)cc1C#N. The van der Waals surface area contributed by atoms with Gasteiger partial charge in [0.15, 0.2) is 5.79 Å². The van der Waals surface area contributed by atoms with Crippen molar-refractivity contribution in [2.75, 3.05) is 26.3 Å². The van der Waals surface area contributed by atoms with Gasteiger partial charge in [-0.3, -0.25) is 9.88 Å². The van der Waals surface area contributed by atoms with E-state index in [1.807, 2.05) is 13.8 Å². The van der Waals surface area contributed by atoms with Crippen molar-refractivity contribution >= 4 is 0 Å². The highest BCUT2D eigenvalue weighted by molar-refractivity contribution is 5.62. The molecule has 0 bridgehead atoms. The van der Waals surface area contributed by atoms with Gasteiger partial charge in [-0.2, -0.15) is 10.2 Å². The van der Waals surface area contributed by atoms with Crippen LogP contribution >= 0.6 is 0 Å². The number of rotatable bonds is 6. The van der Waals surface area contributed by atoms with E-state index in [-0.39, 0.29) is 6.04 Å². The molecule has 0 N–H and O–H groups in total. The number of aryl methyl sites for hydroxylation is 1. The molecule has 0 atom stereocenters. The number of nitriles is 1. The van der Waals surface area contributed by atoms with E-state index in [0.717, 1.165) is 56.5 Å². The Labute approximate surface area is 212 Å². The summed E-state index contributed by atoms with van der Waals surface area (Å²) in [6.45, 7) is 9.39. The van der Waals surface area contributed by atoms with Crippen LogP contribution in [0.15, 0.2) is 35.0 Å². The third-order valence-corrected chi connectivity index (χ3v) is 7.09. The van der Waals surface area contributed by atoms with Gasteiger partial charge in [0.1, 0.15) is 6.07 Å². The van der Waals surface area contributed by atoms with Crippen LogP contribution in [0.1, 0.15) is 56.0 Å². The van der Waals surface area contributed by atoms with Crippen LogP contribution in [0, 0.1) is 11.3 Å². The smallest absolute Gasteiger partial charge is 0.259 e. The second-order valence-corrected chi connectivity index (χ2v) is 10.1. The topological polar surface area (TPSA) is 97.3 Å². The molecule has 8 heteroatoms. The van der Waals surface area contributed by atoms with Gasteiger partial charge < -0.3 is 14.0 Å². The van der Waals surface area contributed by atoms with E-state index < -0.39 is 5.79 Å². The first-order valence-corrected chi connectivity index (χ1v) is 12.8. The summed E-state index contributed by atoms with van der Waals surface area (Å²) in [5.41, 5.74) is 5.64. The third kappa shape index (κ3) is 5.34. The van der Waals surface area contributed by atoms with E-state index in [4.69, 9.17) is 14.0 Å². The molecule has 3 aromatic rings. The molecule has 1 fully saturated rings. The molecule has 36 heavy (non-hydrogen) atoms. The number of pyridine rings is 1. The van der Waals surface area contributed by atoms with E-state index in [2.05, 4.69) is 51.2 Å². The van der Waals surface area contributed by atoms with Crippen molar-refractivity contribution < 1.29 is 14.0 Å². The fraction of sp³-hybridized carbons (Fsp3) is 0.500. The Morgan fingerprint density at radius 1 is 1.08 bits per heavy atom. The Morgan fingerprint density at radius 3 is 2.61 bits per heavy atom. The zero-order chi connectivity index (χ0) is 25.1. The van der Waals surface area contributed by atoms with Crippen molar-refractivity contribution in [2.24, 2.45) is 0 Å². The van der Waals surface area contributed by atoms with Gasteiger partial charge in [0.25, 0.3) is 5.89 Å². The molecule has 188 valence electrons. The summed E-state index contributed by atoms with van der Waals surface area (Å²) in [5.74, 6) is 0.420. The number of ether oxygens (including phenoxy) is 2. The minimum atomic E-state index is -0.493. The van der Waals surface area contributed by atoms with Crippen LogP contribution in [0.25, 0.3) is 22.8 Å². The average Bonchev–Trinajstić information content (AvgIpc) is 3.29. The van der Waals surface area contributed by atoms with E-state index in [1.165, 1.54) is 11.1 Å². The van der Waals surface area contributed by atoms with Gasteiger partial charge in [0.05, 0.1) is 36.1 Å². The maximum absolute atomic E-state index is 9.56. The van der Waals surface area contributed by atoms with Crippen molar-refractivity contribution in [2.45, 2.75) is 64.7 Å². The minimum Gasteiger partial charge on any atom is -0.349 e. The van der Waals surface area contributed by atoms with E-state index >= 15 is 0 Å². The number of hydrogen-bond acceptors (Lipinski definition) is 8. The lowest BCUT2D eigenvalue weighted by Gasteiger charge is -2.39. The van der Waals surface area contributed by atoms with Gasteiger partial charge in [-0.25, -0.2) is 0 Å². The second kappa shape index (κ2) is 10.5. The third-order valence-electron chi connectivity index (χ3n) is 7.09. The monoisotopic (exact) mass is 487 g/mol. The first-order chi connectivity index (χ1) is 17.5. The van der Waals surface area contributed by atoms with Crippen molar-refractivity contribution in [1.29, 1.82) is 5.26 Å². The highest BCUT2D eigenvalue weighted by Crippen LogP contribution is 2.28. The van der Waals surface area contributed by atoms with Gasteiger partial charge >= 0.3 is 0 Å². The molecule has 0 amide bonds. The molecule has 1 aromatic carbocycles. The standard InChI is InChI=1S/C28H33N5O3/c1-4-5-6-25-22(15-29)14-23(16-30-25)27-31-26(32-36-27)21-8-7-19-9-11-33(12-10-20(19)13-21)24-17-34-28(2,3)35-18-24/h7-8,13-14,16,24H,4-6,9-12,17-18H2,1-3H3. The Hall–Kier alpha value is -3.12.